The highest BCUT2D eigenvalue weighted by molar-refractivity contribution is 7.11. The van der Waals surface area contributed by atoms with Gasteiger partial charge in [0.25, 0.3) is 5.91 Å². The molecule has 0 unspecified atom stereocenters. The Bertz CT molecular complexity index is 630. The molecule has 1 heterocycles. The van der Waals surface area contributed by atoms with Gasteiger partial charge in [-0.1, -0.05) is 23.5 Å². The van der Waals surface area contributed by atoms with Crippen LogP contribution in [0.1, 0.15) is 15.4 Å². The van der Waals surface area contributed by atoms with E-state index < -0.39 is 0 Å². The van der Waals surface area contributed by atoms with Crippen molar-refractivity contribution in [3.63, 3.8) is 0 Å². The topological polar surface area (TPSA) is 71.2 Å². The molecule has 0 radical (unpaired) electrons. The van der Waals surface area contributed by atoms with Crippen LogP contribution in [0.5, 0.6) is 5.75 Å². The number of para-hydroxylation sites is 2. The van der Waals surface area contributed by atoms with Gasteiger partial charge in [-0.3, -0.25) is 9.59 Å². The zero-order valence-electron chi connectivity index (χ0n) is 9.94. The Morgan fingerprint density at radius 3 is 2.72 bits per heavy atom. The molecule has 94 valence electrons. The average molecular weight is 264 g/mol. The number of anilines is 1. The number of amides is 1. The summed E-state index contributed by atoms with van der Waals surface area (Å²) < 4.78 is 5.14. The number of rotatable bonds is 3. The number of benzene rings is 1. The Morgan fingerprint density at radius 1 is 1.39 bits per heavy atom. The molecule has 0 spiro atoms. The summed E-state index contributed by atoms with van der Waals surface area (Å²) in [6.45, 7) is 1.69. The van der Waals surface area contributed by atoms with Gasteiger partial charge in [-0.05, 0) is 19.1 Å². The number of aromatic nitrogens is 1. The van der Waals surface area contributed by atoms with Crippen molar-refractivity contribution in [2.24, 2.45) is 0 Å². The lowest BCUT2D eigenvalue weighted by molar-refractivity contribution is 0.102. The molecule has 0 aliphatic heterocycles. The summed E-state index contributed by atoms with van der Waals surface area (Å²) in [6.07, 6.45) is 0. The molecule has 0 bridgehead atoms. The van der Waals surface area contributed by atoms with Gasteiger partial charge >= 0.3 is 4.87 Å². The highest BCUT2D eigenvalue weighted by Gasteiger charge is 2.14. The highest BCUT2D eigenvalue weighted by Crippen LogP contribution is 2.24. The molecule has 2 N–H and O–H groups in total. The van der Waals surface area contributed by atoms with E-state index in [0.29, 0.717) is 22.0 Å². The van der Waals surface area contributed by atoms with Crippen molar-refractivity contribution in [1.82, 2.24) is 4.98 Å². The maximum atomic E-state index is 12.0. The highest BCUT2D eigenvalue weighted by atomic mass is 32.1. The van der Waals surface area contributed by atoms with Crippen molar-refractivity contribution in [3.05, 3.63) is 44.5 Å². The molecule has 2 rings (SSSR count). The van der Waals surface area contributed by atoms with Crippen LogP contribution in [0, 0.1) is 6.92 Å². The lowest BCUT2D eigenvalue weighted by Crippen LogP contribution is -2.12. The molecular formula is C12H12N2O3S. The van der Waals surface area contributed by atoms with Gasteiger partial charge in [-0.2, -0.15) is 0 Å². The van der Waals surface area contributed by atoms with Crippen LogP contribution in [0.4, 0.5) is 5.69 Å². The fourth-order valence-electron chi connectivity index (χ4n) is 1.55. The number of hydrogen-bond donors (Lipinski definition) is 2. The van der Waals surface area contributed by atoms with E-state index in [2.05, 4.69) is 10.3 Å². The summed E-state index contributed by atoms with van der Waals surface area (Å²) in [6, 6.07) is 7.10. The summed E-state index contributed by atoms with van der Waals surface area (Å²) in [4.78, 5) is 25.9. The predicted molar refractivity (Wildman–Crippen MR) is 70.6 cm³/mol. The summed E-state index contributed by atoms with van der Waals surface area (Å²) in [5, 5.41) is 2.72. The first-order valence-corrected chi connectivity index (χ1v) is 6.07. The summed E-state index contributed by atoms with van der Waals surface area (Å²) >= 11 is 0.891. The van der Waals surface area contributed by atoms with Crippen LogP contribution in [-0.2, 0) is 0 Å². The molecule has 0 aliphatic rings. The van der Waals surface area contributed by atoms with E-state index in [1.807, 2.05) is 6.07 Å². The van der Waals surface area contributed by atoms with Crippen LogP contribution in [0.15, 0.2) is 29.1 Å². The lowest BCUT2D eigenvalue weighted by atomic mass is 10.3. The molecule has 0 saturated heterocycles. The number of thiazole rings is 1. The molecule has 1 amide bonds. The van der Waals surface area contributed by atoms with Gasteiger partial charge in [0.05, 0.1) is 12.8 Å². The Morgan fingerprint density at radius 2 is 2.11 bits per heavy atom. The maximum Gasteiger partial charge on any atom is 0.305 e. The third-order valence-electron chi connectivity index (χ3n) is 2.39. The fraction of sp³-hybridized carbons (Fsp3) is 0.167. The van der Waals surface area contributed by atoms with Gasteiger partial charge < -0.3 is 15.0 Å². The van der Waals surface area contributed by atoms with Crippen molar-refractivity contribution in [3.8, 4) is 5.75 Å². The molecule has 0 atom stereocenters. The molecule has 0 fully saturated rings. The third kappa shape index (κ3) is 2.43. The van der Waals surface area contributed by atoms with Gasteiger partial charge in [0.1, 0.15) is 10.6 Å². The Labute approximate surface area is 107 Å². The summed E-state index contributed by atoms with van der Waals surface area (Å²) in [7, 11) is 1.53. The van der Waals surface area contributed by atoms with E-state index in [0.717, 1.165) is 11.3 Å². The van der Waals surface area contributed by atoms with Crippen molar-refractivity contribution in [2.45, 2.75) is 6.92 Å². The smallest absolute Gasteiger partial charge is 0.305 e. The van der Waals surface area contributed by atoms with Gasteiger partial charge in [0.2, 0.25) is 0 Å². The monoisotopic (exact) mass is 264 g/mol. The number of aryl methyl sites for hydroxylation is 1. The zero-order chi connectivity index (χ0) is 13.1. The van der Waals surface area contributed by atoms with Crippen molar-refractivity contribution >= 4 is 22.9 Å². The number of hydrogen-bond acceptors (Lipinski definition) is 4. The SMILES string of the molecule is COc1ccccc1NC(=O)c1sc(=O)[nH]c1C. The third-order valence-corrected chi connectivity index (χ3v) is 3.37. The largest absolute Gasteiger partial charge is 0.495 e. The van der Waals surface area contributed by atoms with E-state index in [4.69, 9.17) is 4.74 Å². The minimum absolute atomic E-state index is 0.238. The average Bonchev–Trinajstić information content (AvgIpc) is 2.69. The molecule has 2 aromatic rings. The molecule has 5 nitrogen and oxygen atoms in total. The van der Waals surface area contributed by atoms with Crippen molar-refractivity contribution in [1.29, 1.82) is 0 Å². The second kappa shape index (κ2) is 5.05. The molecule has 18 heavy (non-hydrogen) atoms. The Balaban J connectivity index is 2.27. The van der Waals surface area contributed by atoms with Crippen LogP contribution in [0.2, 0.25) is 0 Å². The minimum atomic E-state index is -0.319. The van der Waals surface area contributed by atoms with Gasteiger partial charge in [-0.25, -0.2) is 0 Å². The molecule has 0 saturated carbocycles. The van der Waals surface area contributed by atoms with E-state index in [-0.39, 0.29) is 10.8 Å². The number of carbonyl (C=O) groups excluding carboxylic acids is 1. The normalized spacial score (nSPS) is 10.1. The molecule has 1 aromatic heterocycles. The Hall–Kier alpha value is -2.08. The van der Waals surface area contributed by atoms with E-state index in [9.17, 15) is 9.59 Å². The number of carbonyl (C=O) groups is 1. The van der Waals surface area contributed by atoms with Crippen LogP contribution < -0.4 is 14.9 Å². The second-order valence-electron chi connectivity index (χ2n) is 3.62. The van der Waals surface area contributed by atoms with Crippen LogP contribution in [0.25, 0.3) is 0 Å². The second-order valence-corrected chi connectivity index (χ2v) is 4.61. The van der Waals surface area contributed by atoms with Gasteiger partial charge in [-0.15, -0.1) is 0 Å². The number of aromatic amines is 1. The number of ether oxygens (including phenoxy) is 1. The predicted octanol–water partition coefficient (Wildman–Crippen LogP) is 2.01. The molecular weight excluding hydrogens is 252 g/mol. The van der Waals surface area contributed by atoms with Gasteiger partial charge in [0, 0.05) is 5.69 Å². The number of methoxy groups -OCH3 is 1. The lowest BCUT2D eigenvalue weighted by Gasteiger charge is -2.08. The molecule has 0 aliphatic carbocycles. The van der Waals surface area contributed by atoms with Crippen LogP contribution in [-0.4, -0.2) is 18.0 Å². The first-order chi connectivity index (χ1) is 8.61. The Kier molecular flexibility index (Phi) is 3.47. The minimum Gasteiger partial charge on any atom is -0.495 e. The quantitative estimate of drug-likeness (QED) is 0.890. The van der Waals surface area contributed by atoms with E-state index in [1.165, 1.54) is 7.11 Å². The van der Waals surface area contributed by atoms with Gasteiger partial charge in [0.15, 0.2) is 0 Å². The molecule has 1 aromatic carbocycles. The first kappa shape index (κ1) is 12.4. The van der Waals surface area contributed by atoms with Crippen molar-refractivity contribution < 1.29 is 9.53 Å². The number of nitrogens with one attached hydrogen (secondary N) is 2. The summed E-state index contributed by atoms with van der Waals surface area (Å²) in [5.41, 5.74) is 1.14. The maximum absolute atomic E-state index is 12.0. The van der Waals surface area contributed by atoms with Crippen molar-refractivity contribution in [2.75, 3.05) is 12.4 Å². The fourth-order valence-corrected chi connectivity index (χ4v) is 2.29. The standard InChI is InChI=1S/C12H12N2O3S/c1-7-10(18-12(16)13-7)11(15)14-8-5-3-4-6-9(8)17-2/h3-6H,1-2H3,(H,13,16)(H,14,15). The summed E-state index contributed by atoms with van der Waals surface area (Å²) in [5.74, 6) is 0.256. The molecule has 6 heteroatoms. The van der Waals surface area contributed by atoms with E-state index >= 15 is 0 Å². The van der Waals surface area contributed by atoms with Crippen LogP contribution >= 0.6 is 11.3 Å². The number of H-pyrrole nitrogens is 1. The van der Waals surface area contributed by atoms with Crippen LogP contribution in [0.3, 0.4) is 0 Å². The van der Waals surface area contributed by atoms with E-state index in [1.54, 1.807) is 25.1 Å². The zero-order valence-corrected chi connectivity index (χ0v) is 10.8. The first-order valence-electron chi connectivity index (χ1n) is 5.26.